The van der Waals surface area contributed by atoms with Crippen LogP contribution in [-0.4, -0.2) is 9.55 Å². The molecule has 194 valence electrons. The molecule has 0 unspecified atom stereocenters. The van der Waals surface area contributed by atoms with Crippen molar-refractivity contribution in [3.8, 4) is 28.3 Å². The molecule has 0 atom stereocenters. The van der Waals surface area contributed by atoms with Crippen molar-refractivity contribution in [3.05, 3.63) is 132 Å². The second-order valence-electron chi connectivity index (χ2n) is 11.6. The van der Waals surface area contributed by atoms with Crippen LogP contribution in [0.1, 0.15) is 25.0 Å². The molecule has 0 saturated heterocycles. The highest BCUT2D eigenvalue weighted by Gasteiger charge is 2.35. The molecule has 41 heavy (non-hydrogen) atoms. The summed E-state index contributed by atoms with van der Waals surface area (Å²) in [6.45, 7) is 4.71. The quantitative estimate of drug-likeness (QED) is 0.224. The van der Waals surface area contributed by atoms with E-state index in [-0.39, 0.29) is 5.41 Å². The van der Waals surface area contributed by atoms with Crippen molar-refractivity contribution in [1.29, 1.82) is 0 Å². The molecule has 0 amide bonds. The average molecular weight is 527 g/mol. The van der Waals surface area contributed by atoms with Gasteiger partial charge in [0.1, 0.15) is 5.52 Å². The molecule has 0 radical (unpaired) electrons. The molecule has 0 saturated carbocycles. The summed E-state index contributed by atoms with van der Waals surface area (Å²) in [4.78, 5) is 4.72. The van der Waals surface area contributed by atoms with Gasteiger partial charge in [-0.15, -0.1) is 0 Å². The maximum absolute atomic E-state index is 6.07. The molecular weight excluding hydrogens is 500 g/mol. The molecule has 2 aromatic heterocycles. The van der Waals surface area contributed by atoms with Crippen molar-refractivity contribution in [3.63, 3.8) is 0 Å². The van der Waals surface area contributed by atoms with Crippen molar-refractivity contribution in [2.45, 2.75) is 19.3 Å². The van der Waals surface area contributed by atoms with Crippen LogP contribution >= 0.6 is 0 Å². The summed E-state index contributed by atoms with van der Waals surface area (Å²) >= 11 is 0. The van der Waals surface area contributed by atoms with E-state index in [1.807, 2.05) is 24.3 Å². The highest BCUT2D eigenvalue weighted by Crippen LogP contribution is 2.52. The number of benzene rings is 6. The number of nitrogens with zero attached hydrogens (tertiary/aromatic N) is 2. The Bertz CT molecular complexity index is 2300. The number of hydrogen-bond donors (Lipinski definition) is 0. The van der Waals surface area contributed by atoms with Gasteiger partial charge in [-0.1, -0.05) is 86.6 Å². The molecule has 2 heterocycles. The molecule has 1 aliphatic carbocycles. The van der Waals surface area contributed by atoms with Crippen molar-refractivity contribution in [1.82, 2.24) is 9.55 Å². The third-order valence-electron chi connectivity index (χ3n) is 9.01. The van der Waals surface area contributed by atoms with Crippen LogP contribution in [0, 0.1) is 0 Å². The Labute approximate surface area is 237 Å². The minimum absolute atomic E-state index is 0.0884. The Morgan fingerprint density at radius 1 is 0.683 bits per heavy atom. The highest BCUT2D eigenvalue weighted by molar-refractivity contribution is 6.23. The van der Waals surface area contributed by atoms with Gasteiger partial charge in [-0.05, 0) is 76.0 Å². The Balaban J connectivity index is 1.38. The van der Waals surface area contributed by atoms with Crippen LogP contribution in [0.5, 0.6) is 0 Å². The lowest BCUT2D eigenvalue weighted by atomic mass is 9.68. The smallest absolute Gasteiger partial charge is 0.227 e. The van der Waals surface area contributed by atoms with Crippen LogP contribution in [0.15, 0.2) is 126 Å². The monoisotopic (exact) mass is 526 g/mol. The predicted molar refractivity (Wildman–Crippen MR) is 169 cm³/mol. The van der Waals surface area contributed by atoms with Crippen LogP contribution in [0.4, 0.5) is 0 Å². The molecule has 3 heteroatoms. The van der Waals surface area contributed by atoms with Gasteiger partial charge in [0.25, 0.3) is 0 Å². The number of hydrogen-bond acceptors (Lipinski definition) is 2. The minimum Gasteiger partial charge on any atom is -0.436 e. The van der Waals surface area contributed by atoms with E-state index in [1.165, 1.54) is 54.8 Å². The first kappa shape index (κ1) is 22.6. The predicted octanol–water partition coefficient (Wildman–Crippen LogP) is 10.1. The van der Waals surface area contributed by atoms with Gasteiger partial charge in [0, 0.05) is 33.0 Å². The number of aromatic nitrogens is 2. The molecule has 0 bridgehead atoms. The molecule has 0 aliphatic heterocycles. The fourth-order valence-corrected chi connectivity index (χ4v) is 7.09. The van der Waals surface area contributed by atoms with E-state index in [4.69, 9.17) is 9.40 Å². The molecule has 0 fully saturated rings. The summed E-state index contributed by atoms with van der Waals surface area (Å²) in [5, 5.41) is 5.19. The van der Waals surface area contributed by atoms with E-state index >= 15 is 0 Å². The molecular formula is C38H26N2O. The number of fused-ring (bicyclic) bond motifs is 7. The van der Waals surface area contributed by atoms with Gasteiger partial charge in [-0.25, -0.2) is 4.98 Å². The van der Waals surface area contributed by atoms with Crippen LogP contribution in [0.3, 0.4) is 0 Å². The zero-order chi connectivity index (χ0) is 27.3. The normalized spacial score (nSPS) is 13.8. The Morgan fingerprint density at radius 3 is 2.32 bits per heavy atom. The average Bonchev–Trinajstić information content (AvgIpc) is 3.59. The number of oxazole rings is 1. The maximum Gasteiger partial charge on any atom is 0.227 e. The topological polar surface area (TPSA) is 31.0 Å². The summed E-state index contributed by atoms with van der Waals surface area (Å²) in [6, 6.07) is 43.5. The van der Waals surface area contributed by atoms with Gasteiger partial charge in [0.05, 0.1) is 11.0 Å². The first-order valence-electron chi connectivity index (χ1n) is 14.2. The lowest BCUT2D eigenvalue weighted by Crippen LogP contribution is -2.23. The van der Waals surface area contributed by atoms with Crippen LogP contribution in [0.25, 0.3) is 71.9 Å². The molecule has 3 nitrogen and oxygen atoms in total. The Kier molecular flexibility index (Phi) is 4.39. The zero-order valence-electron chi connectivity index (χ0n) is 22.8. The van der Waals surface area contributed by atoms with E-state index in [1.54, 1.807) is 0 Å². The van der Waals surface area contributed by atoms with E-state index in [0.29, 0.717) is 5.89 Å². The molecule has 0 spiro atoms. The van der Waals surface area contributed by atoms with Gasteiger partial charge >= 0.3 is 0 Å². The second-order valence-corrected chi connectivity index (χ2v) is 11.6. The lowest BCUT2D eigenvalue weighted by Gasteiger charge is -2.35. The highest BCUT2D eigenvalue weighted by atomic mass is 16.3. The second kappa shape index (κ2) is 7.96. The van der Waals surface area contributed by atoms with Gasteiger partial charge in [-0.2, -0.15) is 0 Å². The standard InChI is InChI=1S/C38H26N2O/c1-38(2)29-13-5-3-12-27(29)35-34-24(10-9-14-30(34)38)22-28-26-11-4-7-16-32(26)40(36(28)35)25-20-18-23(19-21-25)37-39-31-15-6-8-17-33(31)41-37/h3-22H,1-2H3. The van der Waals surface area contributed by atoms with Gasteiger partial charge in [-0.3, -0.25) is 0 Å². The fraction of sp³-hybridized carbons (Fsp3) is 0.0789. The minimum atomic E-state index is -0.0884. The number of para-hydroxylation sites is 3. The molecule has 1 aliphatic rings. The van der Waals surface area contributed by atoms with E-state index < -0.39 is 0 Å². The molecule has 8 aromatic rings. The van der Waals surface area contributed by atoms with Crippen molar-refractivity contribution >= 4 is 43.7 Å². The summed E-state index contributed by atoms with van der Waals surface area (Å²) < 4.78 is 8.52. The summed E-state index contributed by atoms with van der Waals surface area (Å²) in [7, 11) is 0. The first-order valence-corrected chi connectivity index (χ1v) is 14.2. The van der Waals surface area contributed by atoms with Crippen molar-refractivity contribution in [2.24, 2.45) is 0 Å². The fourth-order valence-electron chi connectivity index (χ4n) is 7.09. The largest absolute Gasteiger partial charge is 0.436 e. The number of rotatable bonds is 2. The SMILES string of the molecule is CC1(C)c2ccccc2-c2c3c1cccc3cc1c3ccccc3n(-c3ccc(-c4nc5ccccc5o4)cc3)c21. The van der Waals surface area contributed by atoms with Crippen LogP contribution in [0.2, 0.25) is 0 Å². The van der Waals surface area contributed by atoms with Crippen molar-refractivity contribution in [2.75, 3.05) is 0 Å². The van der Waals surface area contributed by atoms with E-state index in [9.17, 15) is 0 Å². The molecule has 6 aromatic carbocycles. The van der Waals surface area contributed by atoms with Crippen LogP contribution < -0.4 is 0 Å². The maximum atomic E-state index is 6.07. The van der Waals surface area contributed by atoms with Gasteiger partial charge in [0.15, 0.2) is 5.58 Å². The Hall–Kier alpha value is -5.15. The lowest BCUT2D eigenvalue weighted by molar-refractivity contribution is 0.620. The third kappa shape index (κ3) is 3.01. The van der Waals surface area contributed by atoms with Crippen molar-refractivity contribution < 1.29 is 4.42 Å². The summed E-state index contributed by atoms with van der Waals surface area (Å²) in [5.74, 6) is 0.641. The zero-order valence-corrected chi connectivity index (χ0v) is 22.8. The third-order valence-corrected chi connectivity index (χ3v) is 9.01. The van der Waals surface area contributed by atoms with E-state index in [2.05, 4.69) is 115 Å². The Morgan fingerprint density at radius 2 is 1.44 bits per heavy atom. The van der Waals surface area contributed by atoms with Gasteiger partial charge in [0.2, 0.25) is 5.89 Å². The van der Waals surface area contributed by atoms with E-state index in [0.717, 1.165) is 22.4 Å². The summed E-state index contributed by atoms with van der Waals surface area (Å²) in [5.41, 5.74) is 11.5. The van der Waals surface area contributed by atoms with Gasteiger partial charge < -0.3 is 8.98 Å². The molecule has 9 rings (SSSR count). The summed E-state index contributed by atoms with van der Waals surface area (Å²) in [6.07, 6.45) is 0. The van der Waals surface area contributed by atoms with Crippen LogP contribution in [-0.2, 0) is 5.41 Å². The molecule has 0 N–H and O–H groups in total. The first-order chi connectivity index (χ1) is 20.1.